The van der Waals surface area contributed by atoms with Crippen molar-refractivity contribution < 1.29 is 13.9 Å². The molecule has 3 rings (SSSR count). The van der Waals surface area contributed by atoms with Crippen LogP contribution in [-0.4, -0.2) is 10.8 Å². The summed E-state index contributed by atoms with van der Waals surface area (Å²) in [4.78, 5) is 16.3. The number of ketones is 1. The van der Waals surface area contributed by atoms with Gasteiger partial charge in [0.05, 0.1) is 4.88 Å². The summed E-state index contributed by atoms with van der Waals surface area (Å²) in [7, 11) is 0. The molecule has 0 saturated heterocycles. The first-order valence-corrected chi connectivity index (χ1v) is 7.45. The van der Waals surface area contributed by atoms with Crippen molar-refractivity contribution >= 4 is 17.1 Å². The van der Waals surface area contributed by atoms with E-state index in [9.17, 15) is 9.18 Å². The van der Waals surface area contributed by atoms with E-state index in [1.165, 1.54) is 30.4 Å². The average molecular weight is 313 g/mol. The molecule has 0 spiro atoms. The van der Waals surface area contributed by atoms with E-state index in [4.69, 9.17) is 4.74 Å². The number of benzene rings is 2. The van der Waals surface area contributed by atoms with Gasteiger partial charge in [-0.1, -0.05) is 12.1 Å². The normalized spacial score (nSPS) is 10.5. The Kier molecular flexibility index (Phi) is 3.98. The second-order valence-corrected chi connectivity index (χ2v) is 5.67. The monoisotopic (exact) mass is 313 g/mol. The lowest BCUT2D eigenvalue weighted by Gasteiger charge is -2.09. The molecule has 0 saturated carbocycles. The van der Waals surface area contributed by atoms with E-state index in [2.05, 4.69) is 4.98 Å². The second kappa shape index (κ2) is 6.07. The minimum Gasteiger partial charge on any atom is -0.457 e. The Balaban J connectivity index is 1.95. The standard InChI is InChI=1S/C17H12FNO2S/c1-11(20)17-19-10-16(22-17)14-4-2-3-5-15(14)21-13-8-6-12(18)7-9-13/h2-10H,1H3. The molecule has 22 heavy (non-hydrogen) atoms. The van der Waals surface area contributed by atoms with Crippen LogP contribution in [0.3, 0.4) is 0 Å². The lowest BCUT2D eigenvalue weighted by atomic mass is 10.2. The molecule has 0 unspecified atom stereocenters. The van der Waals surface area contributed by atoms with Gasteiger partial charge in [-0.05, 0) is 36.4 Å². The Morgan fingerprint density at radius 3 is 2.55 bits per heavy atom. The molecule has 1 heterocycles. The number of carbonyl (C=O) groups is 1. The molecule has 110 valence electrons. The first-order chi connectivity index (χ1) is 10.6. The molecule has 0 fully saturated rings. The van der Waals surface area contributed by atoms with Crippen molar-refractivity contribution in [3.05, 3.63) is 65.6 Å². The molecule has 3 nitrogen and oxygen atoms in total. The minimum absolute atomic E-state index is 0.0619. The predicted molar refractivity (Wildman–Crippen MR) is 84.0 cm³/mol. The second-order valence-electron chi connectivity index (χ2n) is 4.64. The first kappa shape index (κ1) is 14.4. The number of aromatic nitrogens is 1. The Morgan fingerprint density at radius 1 is 1.14 bits per heavy atom. The third kappa shape index (κ3) is 3.04. The number of Topliss-reactive ketones (excluding diaryl/α,β-unsaturated/α-hetero) is 1. The summed E-state index contributed by atoms with van der Waals surface area (Å²) in [6, 6.07) is 13.3. The molecular weight excluding hydrogens is 301 g/mol. The van der Waals surface area contributed by atoms with Crippen LogP contribution in [0.25, 0.3) is 10.4 Å². The summed E-state index contributed by atoms with van der Waals surface area (Å²) in [5.41, 5.74) is 0.844. The predicted octanol–water partition coefficient (Wildman–Crippen LogP) is 4.94. The molecule has 0 atom stereocenters. The van der Waals surface area contributed by atoms with Crippen LogP contribution in [0.5, 0.6) is 11.5 Å². The Labute approximate surface area is 131 Å². The van der Waals surface area contributed by atoms with Gasteiger partial charge < -0.3 is 4.74 Å². The summed E-state index contributed by atoms with van der Waals surface area (Å²) < 4.78 is 18.8. The fourth-order valence-corrected chi connectivity index (χ4v) is 2.79. The number of thiazole rings is 1. The maximum absolute atomic E-state index is 13.0. The zero-order valence-electron chi connectivity index (χ0n) is 11.7. The molecule has 0 N–H and O–H groups in total. The molecular formula is C17H12FNO2S. The Morgan fingerprint density at radius 2 is 1.86 bits per heavy atom. The first-order valence-electron chi connectivity index (χ1n) is 6.63. The molecule has 0 bridgehead atoms. The highest BCUT2D eigenvalue weighted by Gasteiger charge is 2.12. The van der Waals surface area contributed by atoms with Gasteiger partial charge in [0, 0.05) is 18.7 Å². The third-order valence-corrected chi connectivity index (χ3v) is 4.13. The number of halogens is 1. The van der Waals surface area contributed by atoms with Crippen LogP contribution in [0, 0.1) is 5.82 Å². The minimum atomic E-state index is -0.311. The van der Waals surface area contributed by atoms with Crippen LogP contribution < -0.4 is 4.74 Å². The van der Waals surface area contributed by atoms with Gasteiger partial charge in [0.1, 0.15) is 17.3 Å². The maximum Gasteiger partial charge on any atom is 0.188 e. The number of rotatable bonds is 4. The van der Waals surface area contributed by atoms with Crippen molar-refractivity contribution in [3.8, 4) is 21.9 Å². The Hall–Kier alpha value is -2.53. The van der Waals surface area contributed by atoms with Crippen LogP contribution in [0.4, 0.5) is 4.39 Å². The van der Waals surface area contributed by atoms with Crippen molar-refractivity contribution in [3.63, 3.8) is 0 Å². The van der Waals surface area contributed by atoms with Crippen LogP contribution in [0.15, 0.2) is 54.7 Å². The van der Waals surface area contributed by atoms with Crippen LogP contribution >= 0.6 is 11.3 Å². The van der Waals surface area contributed by atoms with Gasteiger partial charge in [0.25, 0.3) is 0 Å². The van der Waals surface area contributed by atoms with E-state index in [1.54, 1.807) is 18.3 Å². The fourth-order valence-electron chi connectivity index (χ4n) is 1.95. The smallest absolute Gasteiger partial charge is 0.188 e. The zero-order valence-corrected chi connectivity index (χ0v) is 12.6. The van der Waals surface area contributed by atoms with Crippen LogP contribution in [0.2, 0.25) is 0 Å². The highest BCUT2D eigenvalue weighted by atomic mass is 32.1. The molecule has 5 heteroatoms. The van der Waals surface area contributed by atoms with Gasteiger partial charge in [-0.15, -0.1) is 11.3 Å². The third-order valence-electron chi connectivity index (χ3n) is 3.00. The SMILES string of the molecule is CC(=O)c1ncc(-c2ccccc2Oc2ccc(F)cc2)s1. The topological polar surface area (TPSA) is 39.2 Å². The molecule has 0 aliphatic heterocycles. The largest absolute Gasteiger partial charge is 0.457 e. The summed E-state index contributed by atoms with van der Waals surface area (Å²) in [5.74, 6) is 0.806. The van der Waals surface area contributed by atoms with Gasteiger partial charge in [0.15, 0.2) is 10.8 Å². The quantitative estimate of drug-likeness (QED) is 0.640. The van der Waals surface area contributed by atoms with Gasteiger partial charge >= 0.3 is 0 Å². The van der Waals surface area contributed by atoms with E-state index in [0.717, 1.165) is 10.4 Å². The zero-order chi connectivity index (χ0) is 15.5. The van der Waals surface area contributed by atoms with Crippen LogP contribution in [-0.2, 0) is 0 Å². The average Bonchev–Trinajstić information content (AvgIpc) is 3.00. The summed E-state index contributed by atoms with van der Waals surface area (Å²) in [5, 5.41) is 0.464. The maximum atomic E-state index is 13.0. The fraction of sp³-hybridized carbons (Fsp3) is 0.0588. The van der Waals surface area contributed by atoms with E-state index in [1.807, 2.05) is 24.3 Å². The highest BCUT2D eigenvalue weighted by Crippen LogP contribution is 2.36. The lowest BCUT2D eigenvalue weighted by Crippen LogP contribution is -1.87. The molecule has 0 aliphatic carbocycles. The molecule has 0 amide bonds. The van der Waals surface area contributed by atoms with Gasteiger partial charge in [-0.25, -0.2) is 9.37 Å². The number of hydrogen-bond acceptors (Lipinski definition) is 4. The van der Waals surface area contributed by atoms with Crippen LogP contribution in [0.1, 0.15) is 16.7 Å². The molecule has 2 aromatic carbocycles. The number of carbonyl (C=O) groups excluding carboxylic acids is 1. The van der Waals surface area contributed by atoms with Gasteiger partial charge in [0.2, 0.25) is 0 Å². The highest BCUT2D eigenvalue weighted by molar-refractivity contribution is 7.17. The number of nitrogens with zero attached hydrogens (tertiary/aromatic N) is 1. The molecule has 0 radical (unpaired) electrons. The molecule has 3 aromatic rings. The van der Waals surface area contributed by atoms with Gasteiger partial charge in [-0.3, -0.25) is 4.79 Å². The number of ether oxygens (including phenoxy) is 1. The van der Waals surface area contributed by atoms with Gasteiger partial charge in [-0.2, -0.15) is 0 Å². The van der Waals surface area contributed by atoms with E-state index < -0.39 is 0 Å². The van der Waals surface area contributed by atoms with Crippen molar-refractivity contribution in [2.45, 2.75) is 6.92 Å². The van der Waals surface area contributed by atoms with Crippen molar-refractivity contribution in [1.29, 1.82) is 0 Å². The molecule has 1 aromatic heterocycles. The summed E-state index contributed by atoms with van der Waals surface area (Å²) >= 11 is 1.32. The summed E-state index contributed by atoms with van der Waals surface area (Å²) in [6.07, 6.45) is 1.66. The molecule has 0 aliphatic rings. The van der Waals surface area contributed by atoms with Crippen molar-refractivity contribution in [2.24, 2.45) is 0 Å². The lowest BCUT2D eigenvalue weighted by molar-refractivity contribution is 0.101. The number of hydrogen-bond donors (Lipinski definition) is 0. The Bertz CT molecular complexity index is 812. The van der Waals surface area contributed by atoms with E-state index in [-0.39, 0.29) is 11.6 Å². The van der Waals surface area contributed by atoms with E-state index >= 15 is 0 Å². The van der Waals surface area contributed by atoms with Crippen molar-refractivity contribution in [1.82, 2.24) is 4.98 Å². The summed E-state index contributed by atoms with van der Waals surface area (Å²) in [6.45, 7) is 1.49. The van der Waals surface area contributed by atoms with Crippen molar-refractivity contribution in [2.75, 3.05) is 0 Å². The number of para-hydroxylation sites is 1. The van der Waals surface area contributed by atoms with E-state index in [0.29, 0.717) is 16.5 Å².